The van der Waals surface area contributed by atoms with E-state index in [0.29, 0.717) is 0 Å². The second-order valence-electron chi connectivity index (χ2n) is 23.0. The number of nitrogens with one attached hydrogen (secondary N) is 8. The number of carbonyl (C=O) groups excluding carboxylic acids is 9. The molecule has 3 aliphatic rings. The summed E-state index contributed by atoms with van der Waals surface area (Å²) >= 11 is 0. The van der Waals surface area contributed by atoms with Crippen molar-refractivity contribution in [3.63, 3.8) is 0 Å². The Bertz CT molecular complexity index is 2300. The molecule has 21 atom stereocenters. The highest BCUT2D eigenvalue weighted by Gasteiger charge is 2.53. The van der Waals surface area contributed by atoms with Crippen molar-refractivity contribution in [1.29, 1.82) is 0 Å². The lowest BCUT2D eigenvalue weighted by Crippen LogP contribution is -2.68. The summed E-state index contributed by atoms with van der Waals surface area (Å²) in [5, 5.41) is 102. The number of carboxylic acids is 1. The van der Waals surface area contributed by atoms with Gasteiger partial charge in [-0.1, -0.05) is 55.4 Å². The SMILES string of the molecule is CC(=O)N[C@H]1[C@@H](O[C@H](C)[C@H](N)C(=O)N[C@H](C(=O)N2C[C@H](O)C[C@H]2C(=O)N[C@@H](C)C(=O)N[C@@H](C)C(=O)N[C@H](C(=O)N[C@H](C(=O)N[C@H](C(=O)N[C@@H](C)C(=O)O)C(C)C)C(C)C)C(C)C)C(C)C)O[C@H](CO)[C@H](O)[C@@H]1O[C@@H]1O[C@H](CO)[C@H](O)[C@H](O)[C@H]1O. The average Bonchev–Trinajstić information content (AvgIpc) is 3.98. The van der Waals surface area contributed by atoms with Crippen LogP contribution in [0.25, 0.3) is 0 Å². The van der Waals surface area contributed by atoms with Gasteiger partial charge in [0.2, 0.25) is 53.2 Å². The van der Waals surface area contributed by atoms with Gasteiger partial charge in [0.05, 0.1) is 25.4 Å². The zero-order valence-corrected chi connectivity index (χ0v) is 49.6. The topological polar surface area (TPSA) is 495 Å². The van der Waals surface area contributed by atoms with Gasteiger partial charge in [-0.05, 0) is 51.4 Å². The number of amides is 9. The second-order valence-corrected chi connectivity index (χ2v) is 23.0. The minimum absolute atomic E-state index is 0.285. The van der Waals surface area contributed by atoms with E-state index in [1.54, 1.807) is 55.4 Å². The Morgan fingerprint density at radius 1 is 0.548 bits per heavy atom. The number of carboxylic acid groups (broad SMARTS) is 1. The Morgan fingerprint density at radius 2 is 0.976 bits per heavy atom. The van der Waals surface area contributed by atoms with Gasteiger partial charge in [-0.15, -0.1) is 0 Å². The molecular weight excluding hydrogens is 1120 g/mol. The smallest absolute Gasteiger partial charge is 0.325 e. The third-order valence-corrected chi connectivity index (χ3v) is 14.6. The largest absolute Gasteiger partial charge is 0.480 e. The van der Waals surface area contributed by atoms with E-state index >= 15 is 0 Å². The van der Waals surface area contributed by atoms with Gasteiger partial charge in [-0.25, -0.2) is 0 Å². The first-order valence-corrected chi connectivity index (χ1v) is 27.9. The van der Waals surface area contributed by atoms with E-state index in [0.717, 1.165) is 11.8 Å². The van der Waals surface area contributed by atoms with Crippen LogP contribution in [0.2, 0.25) is 0 Å². The fourth-order valence-corrected chi connectivity index (χ4v) is 9.34. The summed E-state index contributed by atoms with van der Waals surface area (Å²) in [6.45, 7) is 17.1. The first-order valence-electron chi connectivity index (χ1n) is 27.9. The number of rotatable bonds is 28. The van der Waals surface area contributed by atoms with Crippen molar-refractivity contribution in [2.24, 2.45) is 29.4 Å². The van der Waals surface area contributed by atoms with E-state index < -0.39 is 224 Å². The van der Waals surface area contributed by atoms with Crippen LogP contribution in [0.1, 0.15) is 96.4 Å². The average molecular weight is 1210 g/mol. The van der Waals surface area contributed by atoms with Crippen LogP contribution < -0.4 is 48.3 Å². The number of ether oxygens (including phenoxy) is 4. The second kappa shape index (κ2) is 32.1. The monoisotopic (exact) mass is 1210 g/mol. The number of aliphatic hydroxyl groups is 7. The zero-order chi connectivity index (χ0) is 64.1. The summed E-state index contributed by atoms with van der Waals surface area (Å²) in [5.41, 5.74) is 6.36. The van der Waals surface area contributed by atoms with E-state index in [9.17, 15) is 88.8 Å². The van der Waals surface area contributed by atoms with Gasteiger partial charge in [0.1, 0.15) is 103 Å². The fraction of sp³-hybridized carbons (Fsp3) is 0.808. The molecule has 0 saturated carbocycles. The Labute approximate surface area is 486 Å². The number of aliphatic hydroxyl groups excluding tert-OH is 7. The van der Waals surface area contributed by atoms with E-state index in [-0.39, 0.29) is 13.0 Å². The highest BCUT2D eigenvalue weighted by atomic mass is 16.7. The van der Waals surface area contributed by atoms with Crippen LogP contribution in [-0.2, 0) is 66.9 Å². The molecule has 0 bridgehead atoms. The molecule has 32 nitrogen and oxygen atoms in total. The molecule has 0 spiro atoms. The molecule has 3 fully saturated rings. The normalized spacial score (nSPS) is 28.6. The summed E-state index contributed by atoms with van der Waals surface area (Å²) in [7, 11) is 0. The van der Waals surface area contributed by atoms with Crippen molar-refractivity contribution in [2.75, 3.05) is 19.8 Å². The van der Waals surface area contributed by atoms with Crippen LogP contribution in [0.15, 0.2) is 0 Å². The molecule has 0 unspecified atom stereocenters. The number of likely N-dealkylation sites (tertiary alicyclic amines) is 1. The third kappa shape index (κ3) is 19.1. The summed E-state index contributed by atoms with van der Waals surface area (Å²) in [4.78, 5) is 134. The van der Waals surface area contributed by atoms with Gasteiger partial charge >= 0.3 is 5.97 Å². The molecule has 32 heteroatoms. The molecule has 0 aromatic carbocycles. The summed E-state index contributed by atoms with van der Waals surface area (Å²) in [6.07, 6.45) is -18.4. The number of carbonyl (C=O) groups is 10. The summed E-state index contributed by atoms with van der Waals surface area (Å²) < 4.78 is 23.0. The predicted molar refractivity (Wildman–Crippen MR) is 290 cm³/mol. The van der Waals surface area contributed by atoms with Crippen molar-refractivity contribution in [1.82, 2.24) is 47.4 Å². The molecule has 0 aromatic heterocycles. The first-order chi connectivity index (χ1) is 39.0. The van der Waals surface area contributed by atoms with Crippen LogP contribution in [0, 0.1) is 23.7 Å². The van der Waals surface area contributed by atoms with Crippen molar-refractivity contribution >= 4 is 59.1 Å². The number of nitrogens with two attached hydrogens (primary N) is 1. The highest BCUT2D eigenvalue weighted by molar-refractivity contribution is 5.98. The van der Waals surface area contributed by atoms with Gasteiger partial charge < -0.3 is 113 Å². The standard InChI is InChI=1S/C52H90N10O22/c1-18(2)32(46(75)56-24(11)50(79)80)59-48(77)34(20(5)6)60-47(76)33(19(3)4)58-43(72)23(10)54-42(71)22(9)55-44(73)28-14-27(66)15-62(28)49(78)35(21(7)8)61-45(74)31(53)25(12)81-51-36(57-26(13)65)41(38(68)30(17-64)82-51)84-52-40(70)39(69)37(67)29(16-63)83-52/h18-25,27-41,51-52,63-64,66-70H,14-17,53H2,1-13H3,(H,54,71)(H,55,73)(H,56,75)(H,57,65)(H,58,72)(H,59,77)(H,60,76)(H,61,74)(H,79,80)/t22-,23-,24-,25+,27+,28-,29+,30+,31-,32-,33-,34-,35-,36+,37-,38-,39-,40+,41+,51-,52-/m0/s1. The molecule has 84 heavy (non-hydrogen) atoms. The Morgan fingerprint density at radius 3 is 1.45 bits per heavy atom. The maximum absolute atomic E-state index is 14.3. The first kappa shape index (κ1) is 72.5. The number of aliphatic carboxylic acids is 1. The van der Waals surface area contributed by atoms with Crippen LogP contribution in [0.3, 0.4) is 0 Å². The van der Waals surface area contributed by atoms with Crippen molar-refractivity contribution < 1.29 is 108 Å². The minimum atomic E-state index is -1.95. The highest BCUT2D eigenvalue weighted by Crippen LogP contribution is 2.31. The van der Waals surface area contributed by atoms with Crippen molar-refractivity contribution in [3.8, 4) is 0 Å². The molecule has 3 saturated heterocycles. The van der Waals surface area contributed by atoms with Crippen LogP contribution in [0.4, 0.5) is 0 Å². The van der Waals surface area contributed by atoms with Gasteiger partial charge in [0.15, 0.2) is 12.6 Å². The molecular formula is C52H90N10O22. The fourth-order valence-electron chi connectivity index (χ4n) is 9.34. The molecule has 9 amide bonds. The Kier molecular flexibility index (Phi) is 27.7. The molecule has 0 aliphatic carbocycles. The van der Waals surface area contributed by atoms with Crippen molar-refractivity contribution in [3.05, 3.63) is 0 Å². The molecule has 3 heterocycles. The summed E-state index contributed by atoms with van der Waals surface area (Å²) in [5.74, 6) is -10.9. The van der Waals surface area contributed by atoms with Crippen LogP contribution in [0.5, 0.6) is 0 Å². The minimum Gasteiger partial charge on any atom is -0.480 e. The molecule has 0 aromatic rings. The number of hydrogen-bond donors (Lipinski definition) is 17. The van der Waals surface area contributed by atoms with Crippen molar-refractivity contribution in [2.45, 2.75) is 224 Å². The lowest BCUT2D eigenvalue weighted by Gasteiger charge is -2.48. The number of β-amino-alcohol motifs (C(OH)–C–C–N with tert-alkyl or cyclic N) is 1. The van der Waals surface area contributed by atoms with Gasteiger partial charge in [0.25, 0.3) is 0 Å². The van der Waals surface area contributed by atoms with E-state index in [2.05, 4.69) is 42.5 Å². The maximum Gasteiger partial charge on any atom is 0.325 e. The van der Waals surface area contributed by atoms with E-state index in [1.165, 1.54) is 27.7 Å². The molecule has 3 rings (SSSR count). The molecule has 0 radical (unpaired) electrons. The third-order valence-electron chi connectivity index (χ3n) is 14.6. The summed E-state index contributed by atoms with van der Waals surface area (Å²) in [6, 6.07) is -13.5. The van der Waals surface area contributed by atoms with Gasteiger partial charge in [-0.2, -0.15) is 0 Å². The molecule has 18 N–H and O–H groups in total. The Balaban J connectivity index is 1.69. The quantitative estimate of drug-likeness (QED) is 0.0346. The maximum atomic E-state index is 14.3. The predicted octanol–water partition coefficient (Wildman–Crippen LogP) is -7.39. The van der Waals surface area contributed by atoms with E-state index in [4.69, 9.17) is 24.7 Å². The number of hydrogen-bond acceptors (Lipinski definition) is 22. The molecule has 480 valence electrons. The zero-order valence-electron chi connectivity index (χ0n) is 49.6. The van der Waals surface area contributed by atoms with E-state index in [1.807, 2.05) is 0 Å². The Hall–Kier alpha value is -5.78. The molecule has 3 aliphatic heterocycles. The number of nitrogens with zero attached hydrogens (tertiary/aromatic N) is 1. The lowest BCUT2D eigenvalue weighted by atomic mass is 9.95. The van der Waals surface area contributed by atoms with Crippen LogP contribution in [-0.4, -0.2) is 253 Å². The van der Waals surface area contributed by atoms with Crippen LogP contribution >= 0.6 is 0 Å². The van der Waals surface area contributed by atoms with Gasteiger partial charge in [-0.3, -0.25) is 47.9 Å². The lowest BCUT2D eigenvalue weighted by molar-refractivity contribution is -0.347. The van der Waals surface area contributed by atoms with Gasteiger partial charge in [0, 0.05) is 19.9 Å².